The van der Waals surface area contributed by atoms with E-state index in [0.717, 1.165) is 5.69 Å². The van der Waals surface area contributed by atoms with E-state index in [1.807, 2.05) is 18.2 Å². The van der Waals surface area contributed by atoms with Gasteiger partial charge in [0.1, 0.15) is 5.82 Å². The molecule has 2 N–H and O–H groups in total. The molecule has 0 saturated heterocycles. The molecule has 0 aliphatic rings. The average molecular weight is 389 g/mol. The molecule has 3 aromatic rings. The Balaban J connectivity index is 1.64. The molecule has 0 bridgehead atoms. The van der Waals surface area contributed by atoms with E-state index in [0.29, 0.717) is 21.4 Å². The zero-order chi connectivity index (χ0) is 18.7. The van der Waals surface area contributed by atoms with E-state index in [9.17, 15) is 4.39 Å². The summed E-state index contributed by atoms with van der Waals surface area (Å²) >= 11 is 11.4. The minimum absolute atomic E-state index is 0.241. The summed E-state index contributed by atoms with van der Waals surface area (Å²) in [5.74, 6) is -0.352. The Kier molecular flexibility index (Phi) is 5.54. The van der Waals surface area contributed by atoms with Crippen LogP contribution in [0.4, 0.5) is 15.8 Å². The van der Waals surface area contributed by atoms with Crippen LogP contribution in [-0.2, 0) is 6.54 Å². The summed E-state index contributed by atoms with van der Waals surface area (Å²) < 4.78 is 15.5. The van der Waals surface area contributed by atoms with E-state index in [4.69, 9.17) is 23.8 Å². The first-order chi connectivity index (χ1) is 12.4. The third-order valence-electron chi connectivity index (χ3n) is 4.04. The van der Waals surface area contributed by atoms with Gasteiger partial charge in [0, 0.05) is 22.5 Å². The van der Waals surface area contributed by atoms with Gasteiger partial charge in [-0.25, -0.2) is 4.39 Å². The molecule has 134 valence electrons. The van der Waals surface area contributed by atoms with E-state index in [2.05, 4.69) is 29.6 Å². The van der Waals surface area contributed by atoms with Crippen molar-refractivity contribution in [3.63, 3.8) is 0 Å². The summed E-state index contributed by atoms with van der Waals surface area (Å²) in [5.41, 5.74) is 4.43. The van der Waals surface area contributed by atoms with Crippen LogP contribution >= 0.6 is 23.8 Å². The van der Waals surface area contributed by atoms with Crippen molar-refractivity contribution >= 4 is 40.3 Å². The van der Waals surface area contributed by atoms with Crippen LogP contribution in [0.15, 0.2) is 48.8 Å². The third-order valence-corrected chi connectivity index (χ3v) is 4.60. The maximum Gasteiger partial charge on any atom is 0.175 e. The molecule has 2 aromatic carbocycles. The molecule has 0 aliphatic heterocycles. The molecule has 26 heavy (non-hydrogen) atoms. The lowest BCUT2D eigenvalue weighted by atomic mass is 10.1. The molecular weight excluding hydrogens is 371 g/mol. The fraction of sp³-hybridized carbons (Fsp3) is 0.158. The highest BCUT2D eigenvalue weighted by molar-refractivity contribution is 7.80. The van der Waals surface area contributed by atoms with Gasteiger partial charge in [-0.2, -0.15) is 5.10 Å². The molecular formula is C19H18ClFN4S. The number of nitrogens with zero attached hydrogens (tertiary/aromatic N) is 2. The lowest BCUT2D eigenvalue weighted by Gasteiger charge is -2.10. The highest BCUT2D eigenvalue weighted by Crippen LogP contribution is 2.20. The normalized spacial score (nSPS) is 10.6. The maximum absolute atomic E-state index is 13.9. The monoisotopic (exact) mass is 388 g/mol. The quantitative estimate of drug-likeness (QED) is 0.606. The second kappa shape index (κ2) is 7.85. The van der Waals surface area contributed by atoms with Gasteiger partial charge < -0.3 is 10.6 Å². The van der Waals surface area contributed by atoms with Gasteiger partial charge >= 0.3 is 0 Å². The summed E-state index contributed by atoms with van der Waals surface area (Å²) in [6, 6.07) is 10.7. The molecule has 0 fully saturated rings. The zero-order valence-electron chi connectivity index (χ0n) is 14.4. The summed E-state index contributed by atoms with van der Waals surface area (Å²) in [7, 11) is 0. The van der Waals surface area contributed by atoms with Crippen LogP contribution in [-0.4, -0.2) is 14.9 Å². The second-order valence-electron chi connectivity index (χ2n) is 6.00. The molecule has 0 saturated carbocycles. The van der Waals surface area contributed by atoms with E-state index < -0.39 is 0 Å². The Hall–Kier alpha value is -2.44. The van der Waals surface area contributed by atoms with E-state index in [-0.39, 0.29) is 12.4 Å². The smallest absolute Gasteiger partial charge is 0.175 e. The van der Waals surface area contributed by atoms with Crippen molar-refractivity contribution in [2.75, 3.05) is 10.6 Å². The maximum atomic E-state index is 13.9. The minimum Gasteiger partial charge on any atom is -0.332 e. The molecule has 0 spiro atoms. The van der Waals surface area contributed by atoms with Crippen LogP contribution < -0.4 is 10.6 Å². The standard InChI is InChI=1S/C19H18ClFN4S/c1-12-6-7-14(8-13(12)2)23-19(26)24-15-9-22-25(10-15)11-16-17(20)4-3-5-18(16)21/h3-10H,11H2,1-2H3,(H2,23,24,26). The van der Waals surface area contributed by atoms with E-state index >= 15 is 0 Å². The van der Waals surface area contributed by atoms with Crippen molar-refractivity contribution in [3.8, 4) is 0 Å². The van der Waals surface area contributed by atoms with Gasteiger partial charge in [-0.05, 0) is 61.5 Å². The van der Waals surface area contributed by atoms with E-state index in [1.165, 1.54) is 17.2 Å². The Bertz CT molecular complexity index is 934. The van der Waals surface area contributed by atoms with Crippen molar-refractivity contribution in [2.45, 2.75) is 20.4 Å². The number of thiocarbonyl (C=S) groups is 1. The third kappa shape index (κ3) is 4.39. The highest BCUT2D eigenvalue weighted by Gasteiger charge is 2.09. The number of hydrogen-bond acceptors (Lipinski definition) is 2. The van der Waals surface area contributed by atoms with Crippen LogP contribution in [0.5, 0.6) is 0 Å². The second-order valence-corrected chi connectivity index (χ2v) is 6.82. The number of benzene rings is 2. The van der Waals surface area contributed by atoms with Crippen LogP contribution in [0, 0.1) is 19.7 Å². The molecule has 1 aromatic heterocycles. The van der Waals surface area contributed by atoms with Gasteiger partial charge in [-0.1, -0.05) is 23.7 Å². The number of aromatic nitrogens is 2. The topological polar surface area (TPSA) is 41.9 Å². The molecule has 0 amide bonds. The first-order valence-electron chi connectivity index (χ1n) is 8.03. The molecule has 0 aliphatic carbocycles. The molecule has 7 heteroatoms. The summed E-state index contributed by atoms with van der Waals surface area (Å²) in [5, 5.41) is 11.3. The predicted molar refractivity (Wildman–Crippen MR) is 108 cm³/mol. The van der Waals surface area contributed by atoms with Crippen LogP contribution in [0.2, 0.25) is 5.02 Å². The highest BCUT2D eigenvalue weighted by atomic mass is 35.5. The summed E-state index contributed by atoms with van der Waals surface area (Å²) in [4.78, 5) is 0. The molecule has 4 nitrogen and oxygen atoms in total. The SMILES string of the molecule is Cc1ccc(NC(=S)Nc2cnn(Cc3c(F)cccc3Cl)c2)cc1C. The van der Waals surface area contributed by atoms with Crippen LogP contribution in [0.25, 0.3) is 0 Å². The number of nitrogens with one attached hydrogen (secondary N) is 2. The van der Waals surface area contributed by atoms with Crippen molar-refractivity contribution < 1.29 is 4.39 Å². The lowest BCUT2D eigenvalue weighted by molar-refractivity contribution is 0.585. The molecule has 0 radical (unpaired) electrons. The number of hydrogen-bond donors (Lipinski definition) is 2. The number of anilines is 2. The average Bonchev–Trinajstić information content (AvgIpc) is 3.01. The zero-order valence-corrected chi connectivity index (χ0v) is 16.0. The van der Waals surface area contributed by atoms with E-state index in [1.54, 1.807) is 29.2 Å². The number of halogens is 2. The number of aryl methyl sites for hydroxylation is 2. The van der Waals surface area contributed by atoms with Gasteiger partial charge in [-0.15, -0.1) is 0 Å². The molecule has 1 heterocycles. The summed E-state index contributed by atoms with van der Waals surface area (Å²) in [6.07, 6.45) is 3.38. The molecule has 0 unspecified atom stereocenters. The van der Waals surface area contributed by atoms with Crippen LogP contribution in [0.3, 0.4) is 0 Å². The molecule has 3 rings (SSSR count). The van der Waals surface area contributed by atoms with Gasteiger partial charge in [0.05, 0.1) is 18.4 Å². The Morgan fingerprint density at radius 1 is 1.15 bits per heavy atom. The van der Waals surface area contributed by atoms with Crippen molar-refractivity contribution in [2.24, 2.45) is 0 Å². The predicted octanol–water partition coefficient (Wildman–Crippen LogP) is 5.15. The van der Waals surface area contributed by atoms with Crippen molar-refractivity contribution in [1.82, 2.24) is 9.78 Å². The minimum atomic E-state index is -0.352. The van der Waals surface area contributed by atoms with Crippen LogP contribution in [0.1, 0.15) is 16.7 Å². The number of rotatable bonds is 4. The van der Waals surface area contributed by atoms with Gasteiger partial charge in [0.25, 0.3) is 0 Å². The van der Waals surface area contributed by atoms with Gasteiger partial charge in [0.2, 0.25) is 0 Å². The fourth-order valence-corrected chi connectivity index (χ4v) is 2.93. The van der Waals surface area contributed by atoms with Crippen molar-refractivity contribution in [1.29, 1.82) is 0 Å². The molecule has 0 atom stereocenters. The fourth-order valence-electron chi connectivity index (χ4n) is 2.47. The summed E-state index contributed by atoms with van der Waals surface area (Å²) in [6.45, 7) is 4.35. The Morgan fingerprint density at radius 2 is 1.92 bits per heavy atom. The van der Waals surface area contributed by atoms with Crippen molar-refractivity contribution in [3.05, 3.63) is 76.3 Å². The lowest BCUT2D eigenvalue weighted by Crippen LogP contribution is -2.18. The first kappa shape index (κ1) is 18.4. The Labute approximate surface area is 162 Å². The van der Waals surface area contributed by atoms with Gasteiger partial charge in [-0.3, -0.25) is 4.68 Å². The Morgan fingerprint density at radius 3 is 2.65 bits per heavy atom. The first-order valence-corrected chi connectivity index (χ1v) is 8.81. The van der Waals surface area contributed by atoms with Gasteiger partial charge in [0.15, 0.2) is 5.11 Å². The largest absolute Gasteiger partial charge is 0.332 e.